The van der Waals surface area contributed by atoms with Gasteiger partial charge in [0, 0.05) is 12.3 Å². The zero-order valence-electron chi connectivity index (χ0n) is 5.64. The van der Waals surface area contributed by atoms with Gasteiger partial charge in [0.05, 0.1) is 0 Å². The van der Waals surface area contributed by atoms with Crippen LogP contribution in [0.4, 0.5) is 0 Å². The Morgan fingerprint density at radius 1 is 1.45 bits per heavy atom. The third kappa shape index (κ3) is 9.26. The fourth-order valence-corrected chi connectivity index (χ4v) is 0.377. The molecule has 5 nitrogen and oxygen atoms in total. The first-order valence-corrected chi connectivity index (χ1v) is 4.01. The Kier molecular flexibility index (Phi) is 5.60. The van der Waals surface area contributed by atoms with Crippen LogP contribution < -0.4 is 11.1 Å². The van der Waals surface area contributed by atoms with Gasteiger partial charge < -0.3 is 14.8 Å². The second-order valence-electron chi connectivity index (χ2n) is 1.55. The second kappa shape index (κ2) is 6.00. The van der Waals surface area contributed by atoms with E-state index in [9.17, 15) is 4.79 Å². The molecular weight excluding hydrogens is 167 g/mol. The number of rotatable bonds is 0. The molecule has 1 rings (SSSR count). The maximum absolute atomic E-state index is 10.2. The minimum Gasteiger partial charge on any atom is -0.338 e. The Balaban J connectivity index is 0.000000218. The van der Waals surface area contributed by atoms with E-state index in [4.69, 9.17) is 9.79 Å². The Bertz CT molecular complexity index is 217. The van der Waals surface area contributed by atoms with E-state index in [0.717, 1.165) is 0 Å². The predicted octanol–water partition coefficient (Wildman–Crippen LogP) is -0.469. The van der Waals surface area contributed by atoms with Gasteiger partial charge in [-0.25, -0.2) is 0 Å². The van der Waals surface area contributed by atoms with E-state index in [0.29, 0.717) is 0 Å². The van der Waals surface area contributed by atoms with Gasteiger partial charge in [-0.05, 0) is 6.07 Å². The molecule has 6 heteroatoms. The lowest BCUT2D eigenvalue weighted by molar-refractivity contribution is 0.485. The molecule has 0 saturated carbocycles. The molecule has 5 N–H and O–H groups in total. The number of hydrogen-bond acceptors (Lipinski definition) is 4. The molecule has 0 atom stereocenters. The number of aromatic amines is 1. The molecule has 0 aliphatic carbocycles. The summed E-state index contributed by atoms with van der Waals surface area (Å²) in [6, 6.07) is 4.93. The van der Waals surface area contributed by atoms with Crippen molar-refractivity contribution in [3.05, 3.63) is 34.7 Å². The van der Waals surface area contributed by atoms with Gasteiger partial charge in [-0.1, -0.05) is 6.07 Å². The summed E-state index contributed by atoms with van der Waals surface area (Å²) in [7, 11) is -2.12. The fourth-order valence-electron chi connectivity index (χ4n) is 0.377. The van der Waals surface area contributed by atoms with Gasteiger partial charge in [-0.3, -0.25) is 10.3 Å². The first kappa shape index (κ1) is 10.3. The molecule has 0 radical (unpaired) electrons. The highest BCUT2D eigenvalue weighted by molar-refractivity contribution is 7.42. The average Bonchev–Trinajstić information content (AvgIpc) is 1.87. The summed E-state index contributed by atoms with van der Waals surface area (Å²) < 4.78 is 0. The number of nitrogens with one attached hydrogen (secondary N) is 1. The van der Waals surface area contributed by atoms with Crippen LogP contribution in [0.25, 0.3) is 0 Å². The van der Waals surface area contributed by atoms with E-state index in [-0.39, 0.29) is 5.56 Å². The summed E-state index contributed by atoms with van der Waals surface area (Å²) in [6.07, 6.45) is 1.60. The fraction of sp³-hybridized carbons (Fsp3) is 0. The molecule has 0 aliphatic rings. The van der Waals surface area contributed by atoms with Crippen LogP contribution in [0.1, 0.15) is 0 Å². The van der Waals surface area contributed by atoms with E-state index < -0.39 is 8.53 Å². The van der Waals surface area contributed by atoms with Gasteiger partial charge >= 0.3 is 0 Å². The maximum atomic E-state index is 10.2. The van der Waals surface area contributed by atoms with Crippen molar-refractivity contribution in [2.45, 2.75) is 0 Å². The quantitative estimate of drug-likeness (QED) is 0.401. The molecule has 0 bridgehead atoms. The number of hydrogen-bond donors (Lipinski definition) is 4. The normalized spacial score (nSPS) is 8.73. The molecule has 0 unspecified atom stereocenters. The lowest BCUT2D eigenvalue weighted by Gasteiger charge is -1.79. The topological polar surface area (TPSA) is 99.3 Å². The lowest BCUT2D eigenvalue weighted by atomic mass is 10.5. The number of nitrogens with two attached hydrogens (primary N) is 1. The predicted molar refractivity (Wildman–Crippen MR) is 42.6 cm³/mol. The van der Waals surface area contributed by atoms with Gasteiger partial charge in [0.15, 0.2) is 0 Å². The van der Waals surface area contributed by atoms with Crippen LogP contribution in [0.2, 0.25) is 0 Å². The summed E-state index contributed by atoms with van der Waals surface area (Å²) in [5, 5.41) is 0. The van der Waals surface area contributed by atoms with Crippen LogP contribution in [0, 0.1) is 0 Å². The summed E-state index contributed by atoms with van der Waals surface area (Å²) >= 11 is 0. The highest BCUT2D eigenvalue weighted by Crippen LogP contribution is 2.05. The Hall–Kier alpha value is -0.740. The molecular formula is C5H9N2O3P. The molecule has 0 aliphatic heterocycles. The molecule has 0 aromatic carbocycles. The first-order chi connectivity index (χ1) is 5.13. The van der Waals surface area contributed by atoms with Crippen LogP contribution in [0.5, 0.6) is 0 Å². The van der Waals surface area contributed by atoms with Crippen molar-refractivity contribution < 1.29 is 9.79 Å². The summed E-state index contributed by atoms with van der Waals surface area (Å²) in [5.74, 6) is 0. The van der Waals surface area contributed by atoms with Crippen LogP contribution in [-0.4, -0.2) is 14.8 Å². The minimum atomic E-state index is -2.12. The van der Waals surface area contributed by atoms with Crippen molar-refractivity contribution >= 4 is 8.53 Å². The van der Waals surface area contributed by atoms with E-state index in [1.165, 1.54) is 6.07 Å². The third-order valence-corrected chi connectivity index (χ3v) is 0.681. The molecule has 1 aromatic heterocycles. The zero-order valence-corrected chi connectivity index (χ0v) is 6.53. The third-order valence-electron chi connectivity index (χ3n) is 0.681. The zero-order chi connectivity index (χ0) is 8.69. The van der Waals surface area contributed by atoms with E-state index >= 15 is 0 Å². The average molecular weight is 176 g/mol. The van der Waals surface area contributed by atoms with Gasteiger partial charge in [-0.2, -0.15) is 0 Å². The summed E-state index contributed by atoms with van der Waals surface area (Å²) in [6.45, 7) is 0. The monoisotopic (exact) mass is 176 g/mol. The maximum Gasteiger partial charge on any atom is 0.247 e. The summed E-state index contributed by atoms with van der Waals surface area (Å²) in [4.78, 5) is 27.6. The van der Waals surface area contributed by atoms with Crippen molar-refractivity contribution in [3.63, 3.8) is 0 Å². The van der Waals surface area contributed by atoms with Crippen LogP contribution >= 0.6 is 8.53 Å². The van der Waals surface area contributed by atoms with Gasteiger partial charge in [0.25, 0.3) is 0 Å². The Morgan fingerprint density at radius 3 is 2.18 bits per heavy atom. The molecule has 0 saturated heterocycles. The van der Waals surface area contributed by atoms with Gasteiger partial charge in [0.1, 0.15) is 0 Å². The molecule has 0 fully saturated rings. The molecule has 0 amide bonds. The Labute approximate surface area is 64.5 Å². The molecule has 1 aromatic rings. The molecule has 0 spiro atoms. The standard InChI is InChI=1S/C5H5NO.H4NO2P/c7-5-3-1-2-4-6-5;1-4(2)3/h1-4H,(H,6,7);2-3H,1H2. The highest BCUT2D eigenvalue weighted by Gasteiger charge is 1.72. The minimum absolute atomic E-state index is 0.0532. The number of aromatic nitrogens is 1. The largest absolute Gasteiger partial charge is 0.338 e. The molecule has 1 heterocycles. The van der Waals surface area contributed by atoms with Crippen LogP contribution in [0.15, 0.2) is 29.2 Å². The lowest BCUT2D eigenvalue weighted by Crippen LogP contribution is -1.98. The second-order valence-corrected chi connectivity index (χ2v) is 2.19. The van der Waals surface area contributed by atoms with Crippen molar-refractivity contribution in [3.8, 4) is 0 Å². The van der Waals surface area contributed by atoms with E-state index in [2.05, 4.69) is 10.5 Å². The van der Waals surface area contributed by atoms with Gasteiger partial charge in [-0.15, -0.1) is 0 Å². The van der Waals surface area contributed by atoms with Crippen molar-refractivity contribution in [1.29, 1.82) is 0 Å². The van der Waals surface area contributed by atoms with Crippen molar-refractivity contribution in [2.24, 2.45) is 5.50 Å². The van der Waals surface area contributed by atoms with Crippen LogP contribution in [0.3, 0.4) is 0 Å². The van der Waals surface area contributed by atoms with E-state index in [1.807, 2.05) is 0 Å². The highest BCUT2D eigenvalue weighted by atomic mass is 31.2. The number of pyridine rings is 1. The molecule has 11 heavy (non-hydrogen) atoms. The first-order valence-electron chi connectivity index (χ1n) is 2.69. The van der Waals surface area contributed by atoms with E-state index in [1.54, 1.807) is 18.3 Å². The van der Waals surface area contributed by atoms with Crippen LogP contribution in [-0.2, 0) is 0 Å². The van der Waals surface area contributed by atoms with Crippen molar-refractivity contribution in [1.82, 2.24) is 4.98 Å². The van der Waals surface area contributed by atoms with Crippen molar-refractivity contribution in [2.75, 3.05) is 0 Å². The molecule has 62 valence electrons. The summed E-state index contributed by atoms with van der Waals surface area (Å²) in [5.41, 5.74) is 4.23. The Morgan fingerprint density at radius 2 is 2.00 bits per heavy atom. The smallest absolute Gasteiger partial charge is 0.247 e. The number of H-pyrrole nitrogens is 1. The van der Waals surface area contributed by atoms with Gasteiger partial charge in [0.2, 0.25) is 14.1 Å². The SMILES string of the molecule is NP(O)O.O=c1cccc[nH]1.